The molecule has 296 valence electrons. The molecule has 0 amide bonds. The van der Waals surface area contributed by atoms with Crippen molar-refractivity contribution in [2.75, 3.05) is 64.4 Å². The lowest BCUT2D eigenvalue weighted by molar-refractivity contribution is -0.256. The van der Waals surface area contributed by atoms with Crippen LogP contribution in [0.2, 0.25) is 0 Å². The lowest BCUT2D eigenvalue weighted by atomic mass is 9.79. The fourth-order valence-corrected chi connectivity index (χ4v) is 9.00. The van der Waals surface area contributed by atoms with E-state index in [9.17, 15) is 5.11 Å². The van der Waals surface area contributed by atoms with Gasteiger partial charge in [0.1, 0.15) is 28.7 Å². The van der Waals surface area contributed by atoms with E-state index >= 15 is 13.2 Å². The molecule has 6 aromatic carbocycles. The molecular weight excluding hydrogens is 746 g/mol. The standard InChI is InChI=1S/C47H41F3N2O6/c1-54-33-17-9-29(10-18-33)45(30-11-19-34(55-2)20-12-30)22-21-36-43-42(35-7-5-6-8-39(35)46(43,57-4)47(48,49)50)37-27-40(41(56-3)28-38(37)44(36)58-45)52-25-23-51(24-26-52)31-13-15-32(53)16-14-31/h5-22,27-28,53H,23-26H2,1-4H3. The molecule has 1 aliphatic carbocycles. The van der Waals surface area contributed by atoms with Gasteiger partial charge in [-0.2, -0.15) is 13.2 Å². The fourth-order valence-electron chi connectivity index (χ4n) is 9.00. The number of hydrogen-bond acceptors (Lipinski definition) is 8. The van der Waals surface area contributed by atoms with Crippen LogP contribution in [0, 0.1) is 0 Å². The highest BCUT2D eigenvalue weighted by Crippen LogP contribution is 2.63. The van der Waals surface area contributed by atoms with Crippen molar-refractivity contribution in [1.29, 1.82) is 0 Å². The number of fused-ring (bicyclic) bond motifs is 8. The van der Waals surface area contributed by atoms with E-state index in [-0.39, 0.29) is 28.2 Å². The van der Waals surface area contributed by atoms with Crippen molar-refractivity contribution in [3.05, 3.63) is 143 Å². The van der Waals surface area contributed by atoms with Crippen LogP contribution in [0.3, 0.4) is 0 Å². The Balaban J connectivity index is 1.30. The Bertz CT molecular complexity index is 2500. The minimum atomic E-state index is -4.85. The maximum absolute atomic E-state index is 16.0. The third-order valence-corrected chi connectivity index (χ3v) is 11.9. The molecule has 9 rings (SSSR count). The first-order chi connectivity index (χ1) is 28.1. The number of alkyl halides is 3. The minimum absolute atomic E-state index is 0.0186. The molecule has 58 heavy (non-hydrogen) atoms. The number of benzene rings is 6. The summed E-state index contributed by atoms with van der Waals surface area (Å²) in [5.74, 6) is 2.32. The Kier molecular flexibility index (Phi) is 8.96. The predicted molar refractivity (Wildman–Crippen MR) is 219 cm³/mol. The van der Waals surface area contributed by atoms with Gasteiger partial charge in [0.15, 0.2) is 5.60 Å². The summed E-state index contributed by atoms with van der Waals surface area (Å²) in [5.41, 5.74) is 0.301. The Morgan fingerprint density at radius 3 is 1.86 bits per heavy atom. The molecule has 0 radical (unpaired) electrons. The van der Waals surface area contributed by atoms with Crippen molar-refractivity contribution in [2.45, 2.75) is 17.4 Å². The number of ether oxygens (including phenoxy) is 5. The van der Waals surface area contributed by atoms with Crippen LogP contribution in [0.4, 0.5) is 24.5 Å². The summed E-state index contributed by atoms with van der Waals surface area (Å²) in [5, 5.41) is 11.0. The molecule has 6 aromatic rings. The molecule has 2 aliphatic heterocycles. The zero-order valence-electron chi connectivity index (χ0n) is 32.4. The molecule has 3 aliphatic rings. The van der Waals surface area contributed by atoms with E-state index in [1.54, 1.807) is 57.7 Å². The van der Waals surface area contributed by atoms with Crippen molar-refractivity contribution in [2.24, 2.45) is 0 Å². The van der Waals surface area contributed by atoms with E-state index in [1.807, 2.05) is 78.9 Å². The maximum Gasteiger partial charge on any atom is 0.426 e. The summed E-state index contributed by atoms with van der Waals surface area (Å²) in [6.45, 7) is 2.60. The fraction of sp³-hybridized carbons (Fsp3) is 0.234. The second-order valence-electron chi connectivity index (χ2n) is 14.6. The van der Waals surface area contributed by atoms with Crippen molar-refractivity contribution in [3.63, 3.8) is 0 Å². The van der Waals surface area contributed by atoms with Crippen molar-refractivity contribution < 1.29 is 42.0 Å². The first kappa shape index (κ1) is 37.3. The smallest absolute Gasteiger partial charge is 0.426 e. The SMILES string of the molecule is COc1ccc(C2(c3ccc(OC)cc3)C=Cc3c4c(c5cc(N6CCN(c7ccc(O)cc7)CC6)c(OC)cc5c3O2)-c2ccccc2C4(OC)C(F)(F)F)cc1. The van der Waals surface area contributed by atoms with Crippen LogP contribution in [0.25, 0.3) is 28.0 Å². The van der Waals surface area contributed by atoms with Gasteiger partial charge in [-0.15, -0.1) is 0 Å². The highest BCUT2D eigenvalue weighted by atomic mass is 19.4. The van der Waals surface area contributed by atoms with Crippen LogP contribution in [-0.4, -0.2) is 65.9 Å². The van der Waals surface area contributed by atoms with Gasteiger partial charge in [0.05, 0.1) is 27.0 Å². The number of phenolic OH excluding ortho intramolecular Hbond substituents is 1. The summed E-state index contributed by atoms with van der Waals surface area (Å²) < 4.78 is 78.1. The van der Waals surface area contributed by atoms with Crippen LogP contribution in [0.15, 0.2) is 115 Å². The largest absolute Gasteiger partial charge is 0.508 e. The van der Waals surface area contributed by atoms with Gasteiger partial charge in [-0.1, -0.05) is 54.6 Å². The highest BCUT2D eigenvalue weighted by molar-refractivity contribution is 6.10. The van der Waals surface area contributed by atoms with Gasteiger partial charge >= 0.3 is 6.18 Å². The first-order valence-corrected chi connectivity index (χ1v) is 19.0. The Morgan fingerprint density at radius 2 is 1.29 bits per heavy atom. The Hall–Kier alpha value is -6.33. The van der Waals surface area contributed by atoms with Crippen LogP contribution in [-0.2, 0) is 15.9 Å². The second kappa shape index (κ2) is 13.9. The lowest BCUT2D eigenvalue weighted by Crippen LogP contribution is -2.46. The minimum Gasteiger partial charge on any atom is -0.508 e. The zero-order chi connectivity index (χ0) is 40.4. The van der Waals surface area contributed by atoms with Gasteiger partial charge < -0.3 is 38.6 Å². The quantitative estimate of drug-likeness (QED) is 0.164. The van der Waals surface area contributed by atoms with E-state index in [1.165, 1.54) is 6.07 Å². The van der Waals surface area contributed by atoms with Gasteiger partial charge in [-0.05, 0) is 83.3 Å². The van der Waals surface area contributed by atoms with Crippen molar-refractivity contribution >= 4 is 28.2 Å². The van der Waals surface area contributed by atoms with E-state index in [2.05, 4.69) is 9.80 Å². The van der Waals surface area contributed by atoms with E-state index in [0.29, 0.717) is 65.3 Å². The van der Waals surface area contributed by atoms with E-state index in [0.717, 1.165) is 29.6 Å². The zero-order valence-corrected chi connectivity index (χ0v) is 32.4. The van der Waals surface area contributed by atoms with Crippen LogP contribution < -0.4 is 28.7 Å². The van der Waals surface area contributed by atoms with Gasteiger partial charge in [0.2, 0.25) is 5.60 Å². The van der Waals surface area contributed by atoms with Crippen LogP contribution in [0.5, 0.6) is 28.7 Å². The molecule has 0 spiro atoms. The molecule has 1 atom stereocenters. The molecule has 8 nitrogen and oxygen atoms in total. The summed E-state index contributed by atoms with van der Waals surface area (Å²) in [6.07, 6.45) is -1.28. The van der Waals surface area contributed by atoms with Crippen LogP contribution in [0.1, 0.15) is 27.8 Å². The average Bonchev–Trinajstić information content (AvgIpc) is 3.58. The Morgan fingerprint density at radius 1 is 0.690 bits per heavy atom. The molecular formula is C47H41F3N2O6. The number of halogens is 3. The first-order valence-electron chi connectivity index (χ1n) is 19.0. The molecule has 1 N–H and O–H groups in total. The second-order valence-corrected chi connectivity index (χ2v) is 14.6. The maximum atomic E-state index is 16.0. The van der Waals surface area contributed by atoms with E-state index < -0.39 is 17.4 Å². The topological polar surface area (TPSA) is 72.9 Å². The molecule has 1 unspecified atom stereocenters. The number of aromatic hydroxyl groups is 1. The van der Waals surface area contributed by atoms with E-state index in [4.69, 9.17) is 23.7 Å². The number of hydrogen-bond donors (Lipinski definition) is 1. The monoisotopic (exact) mass is 786 g/mol. The molecule has 0 saturated carbocycles. The van der Waals surface area contributed by atoms with Crippen LogP contribution >= 0.6 is 0 Å². The highest BCUT2D eigenvalue weighted by Gasteiger charge is 2.64. The number of piperazine rings is 1. The van der Waals surface area contributed by atoms with Crippen molar-refractivity contribution in [3.8, 4) is 39.9 Å². The lowest BCUT2D eigenvalue weighted by Gasteiger charge is -2.40. The predicted octanol–water partition coefficient (Wildman–Crippen LogP) is 9.68. The van der Waals surface area contributed by atoms with Gasteiger partial charge in [-0.25, -0.2) is 0 Å². The number of nitrogens with zero attached hydrogens (tertiary/aromatic N) is 2. The molecule has 1 saturated heterocycles. The van der Waals surface area contributed by atoms with Gasteiger partial charge in [-0.3, -0.25) is 0 Å². The molecule has 2 heterocycles. The number of methoxy groups -OCH3 is 4. The molecule has 0 aromatic heterocycles. The summed E-state index contributed by atoms with van der Waals surface area (Å²) in [6, 6.07) is 32.5. The third kappa shape index (κ3) is 5.54. The third-order valence-electron chi connectivity index (χ3n) is 11.9. The Labute approximate surface area is 334 Å². The molecule has 11 heteroatoms. The molecule has 1 fully saturated rings. The van der Waals surface area contributed by atoms with Gasteiger partial charge in [0, 0.05) is 72.2 Å². The average molecular weight is 787 g/mol. The number of phenols is 1. The van der Waals surface area contributed by atoms with Gasteiger partial charge in [0.25, 0.3) is 0 Å². The normalized spacial score (nSPS) is 18.0. The number of anilines is 2. The molecule has 0 bridgehead atoms. The van der Waals surface area contributed by atoms with Crippen molar-refractivity contribution in [1.82, 2.24) is 0 Å². The summed E-state index contributed by atoms with van der Waals surface area (Å²) in [4.78, 5) is 4.44. The number of rotatable bonds is 8. The summed E-state index contributed by atoms with van der Waals surface area (Å²) >= 11 is 0. The summed E-state index contributed by atoms with van der Waals surface area (Å²) in [7, 11) is 5.90.